The van der Waals surface area contributed by atoms with Crippen molar-refractivity contribution < 1.29 is 29.6 Å². The maximum absolute atomic E-state index is 12.4. The first-order chi connectivity index (χ1) is 12.6. The third kappa shape index (κ3) is 3.05. The van der Waals surface area contributed by atoms with E-state index in [1.54, 1.807) is 13.0 Å². The molecule has 0 aromatic rings. The van der Waals surface area contributed by atoms with Crippen molar-refractivity contribution in [2.24, 2.45) is 16.7 Å². The predicted molar refractivity (Wildman–Crippen MR) is 99.6 cm³/mol. The molecule has 0 bridgehead atoms. The number of carbonyl (C=O) groups is 1. The molecule has 0 unspecified atom stereocenters. The summed E-state index contributed by atoms with van der Waals surface area (Å²) in [7, 11) is 0. The summed E-state index contributed by atoms with van der Waals surface area (Å²) >= 11 is 0. The van der Waals surface area contributed by atoms with Crippen LogP contribution in [0, 0.1) is 16.7 Å². The van der Waals surface area contributed by atoms with Crippen molar-refractivity contribution >= 4 is 5.97 Å². The van der Waals surface area contributed by atoms with Crippen LogP contribution in [0.25, 0.3) is 0 Å². The number of hydrogen-bond donors (Lipinski definition) is 3. The molecule has 1 heterocycles. The zero-order valence-electron chi connectivity index (χ0n) is 16.9. The van der Waals surface area contributed by atoms with Gasteiger partial charge in [0.2, 0.25) is 0 Å². The van der Waals surface area contributed by atoms with Crippen LogP contribution in [-0.4, -0.2) is 52.0 Å². The molecule has 0 spiro atoms. The molecule has 2 aliphatic carbocycles. The quantitative estimate of drug-likeness (QED) is 0.384. The number of carbonyl (C=O) groups excluding carboxylic acids is 1. The van der Waals surface area contributed by atoms with Crippen molar-refractivity contribution in [1.29, 1.82) is 0 Å². The molecule has 0 aromatic heterocycles. The first kappa shape index (κ1) is 20.8. The number of fused-ring (bicyclic) bond motifs is 3. The van der Waals surface area contributed by atoms with Crippen molar-refractivity contribution in [3.05, 3.63) is 11.6 Å². The first-order valence-electron chi connectivity index (χ1n) is 10.2. The van der Waals surface area contributed by atoms with Gasteiger partial charge in [0.15, 0.2) is 6.29 Å². The average molecular weight is 382 g/mol. The molecule has 1 saturated heterocycles. The van der Waals surface area contributed by atoms with Crippen LogP contribution in [0.4, 0.5) is 0 Å². The Hall–Kier alpha value is -0.950. The third-order valence-corrected chi connectivity index (χ3v) is 7.25. The van der Waals surface area contributed by atoms with Gasteiger partial charge in [0.1, 0.15) is 11.7 Å². The van der Waals surface area contributed by atoms with Gasteiger partial charge in [-0.15, -0.1) is 0 Å². The highest BCUT2D eigenvalue weighted by molar-refractivity contribution is 5.70. The van der Waals surface area contributed by atoms with Gasteiger partial charge < -0.3 is 24.8 Å². The molecule has 0 radical (unpaired) electrons. The summed E-state index contributed by atoms with van der Waals surface area (Å²) in [6.07, 6.45) is 3.38. The summed E-state index contributed by atoms with van der Waals surface area (Å²) in [6, 6.07) is 0. The fourth-order valence-electron chi connectivity index (χ4n) is 5.73. The highest BCUT2D eigenvalue weighted by Gasteiger charge is 2.71. The number of aliphatic hydroxyl groups is 3. The number of aliphatic hydroxyl groups excluding tert-OH is 2. The van der Waals surface area contributed by atoms with Gasteiger partial charge in [-0.05, 0) is 36.3 Å². The highest BCUT2D eigenvalue weighted by atomic mass is 16.6. The van der Waals surface area contributed by atoms with E-state index < -0.39 is 29.5 Å². The number of rotatable bonds is 5. The Labute approximate surface area is 161 Å². The molecule has 27 heavy (non-hydrogen) atoms. The molecule has 6 nitrogen and oxygen atoms in total. The Bertz CT molecular complexity index is 614. The molecular weight excluding hydrogens is 348 g/mol. The summed E-state index contributed by atoms with van der Waals surface area (Å²) in [5.41, 5.74) is -2.55. The fraction of sp³-hybridized carbons (Fsp3) is 0.857. The van der Waals surface area contributed by atoms with Crippen molar-refractivity contribution in [3.8, 4) is 0 Å². The number of hydrogen-bond acceptors (Lipinski definition) is 6. The molecule has 2 fully saturated rings. The van der Waals surface area contributed by atoms with E-state index in [0.717, 1.165) is 25.7 Å². The summed E-state index contributed by atoms with van der Waals surface area (Å²) in [6.45, 7) is 8.10. The zero-order valence-corrected chi connectivity index (χ0v) is 16.9. The molecule has 3 aliphatic rings. The van der Waals surface area contributed by atoms with Crippen molar-refractivity contribution in [2.45, 2.75) is 90.3 Å². The van der Waals surface area contributed by atoms with Gasteiger partial charge in [-0.2, -0.15) is 0 Å². The van der Waals surface area contributed by atoms with Crippen LogP contribution in [0.5, 0.6) is 0 Å². The highest BCUT2D eigenvalue weighted by Crippen LogP contribution is 2.63. The van der Waals surface area contributed by atoms with Gasteiger partial charge in [-0.25, -0.2) is 0 Å². The van der Waals surface area contributed by atoms with Crippen molar-refractivity contribution in [3.63, 3.8) is 0 Å². The van der Waals surface area contributed by atoms with E-state index in [1.165, 1.54) is 0 Å². The van der Waals surface area contributed by atoms with Crippen molar-refractivity contribution in [2.75, 3.05) is 6.61 Å². The van der Waals surface area contributed by atoms with Gasteiger partial charge in [0, 0.05) is 17.8 Å². The minimum atomic E-state index is -1.68. The fourth-order valence-corrected chi connectivity index (χ4v) is 5.73. The molecular formula is C21H34O6. The lowest BCUT2D eigenvalue weighted by molar-refractivity contribution is -0.272. The van der Waals surface area contributed by atoms with Crippen LogP contribution < -0.4 is 0 Å². The largest absolute Gasteiger partial charge is 0.458 e. The Kier molecular flexibility index (Phi) is 5.49. The lowest BCUT2D eigenvalue weighted by atomic mass is 9.45. The summed E-state index contributed by atoms with van der Waals surface area (Å²) in [5.74, 6) is -0.595. The smallest absolute Gasteiger partial charge is 0.306 e. The lowest BCUT2D eigenvalue weighted by Gasteiger charge is -2.62. The first-order valence-corrected chi connectivity index (χ1v) is 10.2. The van der Waals surface area contributed by atoms with Gasteiger partial charge in [-0.3, -0.25) is 4.79 Å². The minimum Gasteiger partial charge on any atom is -0.458 e. The Morgan fingerprint density at radius 2 is 2.00 bits per heavy atom. The second-order valence-corrected chi connectivity index (χ2v) is 9.34. The maximum Gasteiger partial charge on any atom is 0.306 e. The van der Waals surface area contributed by atoms with Crippen LogP contribution in [0.2, 0.25) is 0 Å². The van der Waals surface area contributed by atoms with Crippen LogP contribution in [0.1, 0.15) is 66.2 Å². The summed E-state index contributed by atoms with van der Waals surface area (Å²) in [4.78, 5) is 12.4. The molecule has 3 N–H and O–H groups in total. The van der Waals surface area contributed by atoms with Crippen LogP contribution in [0.3, 0.4) is 0 Å². The topological polar surface area (TPSA) is 96.2 Å². The lowest BCUT2D eigenvalue weighted by Crippen LogP contribution is -2.70. The standard InChI is InChI=1S/C21H34O6/c1-5-6-7-8-16(23)27-14-11-13-12-26-18(24)21(13,25)20(4)15(22)9-10-19(2,3)17(14)20/h11,14-15,17-18,22,24-25H,5-10,12H2,1-4H3/t14-,15-,17+,18+,20-,21+/m1/s1. The van der Waals surface area contributed by atoms with Crippen molar-refractivity contribution in [1.82, 2.24) is 0 Å². The molecule has 0 amide bonds. The summed E-state index contributed by atoms with van der Waals surface area (Å²) in [5, 5.41) is 32.9. The third-order valence-electron chi connectivity index (χ3n) is 7.25. The van der Waals surface area contributed by atoms with Gasteiger partial charge in [0.25, 0.3) is 0 Å². The molecule has 6 atom stereocenters. The molecule has 1 saturated carbocycles. The SMILES string of the molecule is CCCCCC(=O)O[C@@H]1C=C2CO[C@H](O)[C@]2(O)[C@]2(C)[C@H](O)CCC(C)(C)[C@H]12. The molecule has 154 valence electrons. The normalized spacial score (nSPS) is 42.9. The molecule has 1 aliphatic heterocycles. The Balaban J connectivity index is 1.99. The number of unbranched alkanes of at least 4 members (excludes halogenated alkanes) is 2. The van der Waals surface area contributed by atoms with E-state index >= 15 is 0 Å². The van der Waals surface area contributed by atoms with E-state index in [9.17, 15) is 20.1 Å². The van der Waals surface area contributed by atoms with E-state index in [1.807, 2.05) is 0 Å². The second kappa shape index (κ2) is 7.14. The van der Waals surface area contributed by atoms with Gasteiger partial charge in [0.05, 0.1) is 12.7 Å². The zero-order chi connectivity index (χ0) is 20.0. The van der Waals surface area contributed by atoms with Crippen LogP contribution in [0.15, 0.2) is 11.6 Å². The van der Waals surface area contributed by atoms with Gasteiger partial charge >= 0.3 is 5.97 Å². The molecule has 0 aromatic carbocycles. The number of ether oxygens (including phenoxy) is 2. The number of esters is 1. The predicted octanol–water partition coefficient (Wildman–Crippen LogP) is 2.30. The van der Waals surface area contributed by atoms with E-state index in [2.05, 4.69) is 20.8 Å². The minimum absolute atomic E-state index is 0.0665. The second-order valence-electron chi connectivity index (χ2n) is 9.34. The van der Waals surface area contributed by atoms with Crippen LogP contribution >= 0.6 is 0 Å². The average Bonchev–Trinajstić information content (AvgIpc) is 2.88. The Morgan fingerprint density at radius 1 is 1.30 bits per heavy atom. The van der Waals surface area contributed by atoms with E-state index in [-0.39, 0.29) is 23.9 Å². The van der Waals surface area contributed by atoms with Gasteiger partial charge in [-0.1, -0.05) is 40.5 Å². The van der Waals surface area contributed by atoms with E-state index in [4.69, 9.17) is 9.47 Å². The summed E-state index contributed by atoms with van der Waals surface area (Å²) < 4.78 is 11.2. The van der Waals surface area contributed by atoms with Crippen LogP contribution in [-0.2, 0) is 14.3 Å². The monoisotopic (exact) mass is 382 g/mol. The van der Waals surface area contributed by atoms with E-state index in [0.29, 0.717) is 18.4 Å². The maximum atomic E-state index is 12.4. The molecule has 6 heteroatoms. The Morgan fingerprint density at radius 3 is 2.67 bits per heavy atom. The molecule has 3 rings (SSSR count).